The highest BCUT2D eigenvalue weighted by molar-refractivity contribution is 6.30. The fraction of sp³-hybridized carbons (Fsp3) is 0.533. The molecule has 18 heavy (non-hydrogen) atoms. The fourth-order valence-electron chi connectivity index (χ4n) is 1.70. The Morgan fingerprint density at radius 2 is 1.83 bits per heavy atom. The highest BCUT2D eigenvalue weighted by atomic mass is 35.5. The van der Waals surface area contributed by atoms with Gasteiger partial charge < -0.3 is 5.32 Å². The van der Waals surface area contributed by atoms with Crippen molar-refractivity contribution in [3.8, 4) is 0 Å². The van der Waals surface area contributed by atoms with Crippen molar-refractivity contribution in [2.45, 2.75) is 40.0 Å². The molecule has 0 aliphatic heterocycles. The van der Waals surface area contributed by atoms with Gasteiger partial charge in [-0.2, -0.15) is 0 Å². The molecule has 100 valence electrons. The highest BCUT2D eigenvalue weighted by Crippen LogP contribution is 2.19. The zero-order valence-corrected chi connectivity index (χ0v) is 12.2. The number of rotatable bonds is 5. The molecule has 0 saturated carbocycles. The zero-order chi connectivity index (χ0) is 13.6. The molecule has 1 amide bonds. The summed E-state index contributed by atoms with van der Waals surface area (Å²) >= 11 is 5.79. The first-order chi connectivity index (χ1) is 8.37. The quantitative estimate of drug-likeness (QED) is 0.808. The molecule has 0 saturated heterocycles. The second kappa shape index (κ2) is 6.79. The third-order valence-electron chi connectivity index (χ3n) is 2.70. The van der Waals surface area contributed by atoms with Gasteiger partial charge >= 0.3 is 0 Å². The van der Waals surface area contributed by atoms with E-state index in [4.69, 9.17) is 11.6 Å². The Morgan fingerprint density at radius 3 is 2.39 bits per heavy atom. The number of amides is 1. The van der Waals surface area contributed by atoms with E-state index in [1.807, 2.05) is 24.3 Å². The van der Waals surface area contributed by atoms with E-state index >= 15 is 0 Å². The monoisotopic (exact) mass is 267 g/mol. The summed E-state index contributed by atoms with van der Waals surface area (Å²) in [5.74, 6) is 0.0752. The van der Waals surface area contributed by atoms with Crippen molar-refractivity contribution in [3.63, 3.8) is 0 Å². The van der Waals surface area contributed by atoms with Gasteiger partial charge in [-0.1, -0.05) is 44.5 Å². The molecule has 1 aromatic carbocycles. The maximum absolute atomic E-state index is 11.7. The third-order valence-corrected chi connectivity index (χ3v) is 2.96. The maximum atomic E-state index is 11.7. The molecule has 0 heterocycles. The van der Waals surface area contributed by atoms with E-state index < -0.39 is 0 Å². The topological polar surface area (TPSA) is 29.1 Å². The van der Waals surface area contributed by atoms with Gasteiger partial charge in [0.05, 0.1) is 6.42 Å². The predicted molar refractivity (Wildman–Crippen MR) is 76.9 cm³/mol. The van der Waals surface area contributed by atoms with Gasteiger partial charge in [0, 0.05) is 11.6 Å². The van der Waals surface area contributed by atoms with Crippen molar-refractivity contribution in [1.29, 1.82) is 0 Å². The molecule has 0 bridgehead atoms. The van der Waals surface area contributed by atoms with E-state index in [1.54, 1.807) is 0 Å². The lowest BCUT2D eigenvalue weighted by molar-refractivity contribution is -0.120. The number of carbonyl (C=O) groups excluding carboxylic acids is 1. The Bertz CT molecular complexity index is 378. The van der Waals surface area contributed by atoms with Crippen LogP contribution in [0.4, 0.5) is 0 Å². The Morgan fingerprint density at radius 1 is 1.22 bits per heavy atom. The van der Waals surface area contributed by atoms with Crippen molar-refractivity contribution in [3.05, 3.63) is 34.9 Å². The normalized spacial score (nSPS) is 11.3. The number of hydrogen-bond acceptors (Lipinski definition) is 1. The van der Waals surface area contributed by atoms with Gasteiger partial charge in [0.1, 0.15) is 0 Å². The molecule has 0 atom stereocenters. The van der Waals surface area contributed by atoms with Crippen LogP contribution in [0.3, 0.4) is 0 Å². The molecule has 1 N–H and O–H groups in total. The number of hydrogen-bond donors (Lipinski definition) is 1. The Hall–Kier alpha value is -1.02. The molecule has 0 radical (unpaired) electrons. The minimum Gasteiger partial charge on any atom is -0.356 e. The molecular formula is C15H22ClNO. The minimum atomic E-state index is 0.0752. The summed E-state index contributed by atoms with van der Waals surface area (Å²) in [6, 6.07) is 7.39. The van der Waals surface area contributed by atoms with Gasteiger partial charge in [-0.15, -0.1) is 0 Å². The van der Waals surface area contributed by atoms with E-state index in [0.29, 0.717) is 16.9 Å². The fourth-order valence-corrected chi connectivity index (χ4v) is 1.82. The molecule has 1 rings (SSSR count). The van der Waals surface area contributed by atoms with Crippen LogP contribution >= 0.6 is 11.6 Å². The van der Waals surface area contributed by atoms with E-state index in [2.05, 4.69) is 26.1 Å². The van der Waals surface area contributed by atoms with Crippen molar-refractivity contribution in [2.75, 3.05) is 6.54 Å². The SMILES string of the molecule is CC(C)(C)CCCNC(=O)Cc1ccc(Cl)cc1. The predicted octanol–water partition coefficient (Wildman–Crippen LogP) is 3.83. The summed E-state index contributed by atoms with van der Waals surface area (Å²) in [5.41, 5.74) is 1.33. The van der Waals surface area contributed by atoms with Crippen molar-refractivity contribution in [1.82, 2.24) is 5.32 Å². The smallest absolute Gasteiger partial charge is 0.224 e. The largest absolute Gasteiger partial charge is 0.356 e. The van der Waals surface area contributed by atoms with E-state index in [1.165, 1.54) is 0 Å². The number of nitrogens with one attached hydrogen (secondary N) is 1. The van der Waals surface area contributed by atoms with Crippen molar-refractivity contribution < 1.29 is 4.79 Å². The standard InChI is InChI=1S/C15H22ClNO/c1-15(2,3)9-4-10-17-14(18)11-12-5-7-13(16)8-6-12/h5-8H,4,9-11H2,1-3H3,(H,17,18). The molecule has 0 unspecified atom stereocenters. The van der Waals surface area contributed by atoms with Crippen LogP contribution in [-0.4, -0.2) is 12.5 Å². The lowest BCUT2D eigenvalue weighted by Crippen LogP contribution is -2.26. The van der Waals surface area contributed by atoms with Gasteiger partial charge in [-0.05, 0) is 36.0 Å². The number of carbonyl (C=O) groups is 1. The molecule has 0 spiro atoms. The van der Waals surface area contributed by atoms with Gasteiger partial charge in [-0.25, -0.2) is 0 Å². The molecule has 0 aliphatic carbocycles. The van der Waals surface area contributed by atoms with Crippen LogP contribution in [-0.2, 0) is 11.2 Å². The summed E-state index contributed by atoms with van der Waals surface area (Å²) in [5, 5.41) is 3.64. The Balaban J connectivity index is 2.24. The lowest BCUT2D eigenvalue weighted by Gasteiger charge is -2.17. The lowest BCUT2D eigenvalue weighted by atomic mass is 9.91. The maximum Gasteiger partial charge on any atom is 0.224 e. The molecular weight excluding hydrogens is 246 g/mol. The third kappa shape index (κ3) is 6.65. The summed E-state index contributed by atoms with van der Waals surface area (Å²) in [4.78, 5) is 11.7. The van der Waals surface area contributed by atoms with Crippen LogP contribution in [0.25, 0.3) is 0 Å². The van der Waals surface area contributed by atoms with Crippen molar-refractivity contribution in [2.24, 2.45) is 5.41 Å². The highest BCUT2D eigenvalue weighted by Gasteiger charge is 2.09. The molecule has 3 heteroatoms. The second-order valence-corrected chi connectivity index (χ2v) is 6.25. The van der Waals surface area contributed by atoms with Gasteiger partial charge in [-0.3, -0.25) is 4.79 Å². The van der Waals surface area contributed by atoms with Gasteiger partial charge in [0.25, 0.3) is 0 Å². The summed E-state index contributed by atoms with van der Waals surface area (Å²) in [7, 11) is 0. The summed E-state index contributed by atoms with van der Waals surface area (Å²) < 4.78 is 0. The van der Waals surface area contributed by atoms with Crippen LogP contribution in [0, 0.1) is 5.41 Å². The summed E-state index contributed by atoms with van der Waals surface area (Å²) in [6.07, 6.45) is 2.57. The molecule has 0 fully saturated rings. The van der Waals surface area contributed by atoms with Crippen LogP contribution < -0.4 is 5.32 Å². The number of halogens is 1. The average Bonchev–Trinajstić information content (AvgIpc) is 2.26. The van der Waals surface area contributed by atoms with Crippen LogP contribution in [0.2, 0.25) is 5.02 Å². The first-order valence-electron chi connectivity index (χ1n) is 6.38. The second-order valence-electron chi connectivity index (χ2n) is 5.82. The molecule has 0 aliphatic rings. The average molecular weight is 268 g/mol. The summed E-state index contributed by atoms with van der Waals surface area (Å²) in [6.45, 7) is 7.39. The van der Waals surface area contributed by atoms with Gasteiger partial charge in [0.2, 0.25) is 5.91 Å². The first kappa shape index (κ1) is 15.0. The number of benzene rings is 1. The Kier molecular flexibility index (Phi) is 5.67. The van der Waals surface area contributed by atoms with Crippen molar-refractivity contribution >= 4 is 17.5 Å². The zero-order valence-electron chi connectivity index (χ0n) is 11.4. The minimum absolute atomic E-state index is 0.0752. The van der Waals surface area contributed by atoms with Crippen LogP contribution in [0.15, 0.2) is 24.3 Å². The van der Waals surface area contributed by atoms with E-state index in [-0.39, 0.29) is 5.91 Å². The van der Waals surface area contributed by atoms with E-state index in [9.17, 15) is 4.79 Å². The molecule has 2 nitrogen and oxygen atoms in total. The van der Waals surface area contributed by atoms with Crippen LogP contribution in [0.1, 0.15) is 39.2 Å². The van der Waals surface area contributed by atoms with Crippen LogP contribution in [0.5, 0.6) is 0 Å². The molecule has 1 aromatic rings. The van der Waals surface area contributed by atoms with Gasteiger partial charge in [0.15, 0.2) is 0 Å². The Labute approximate surface area is 115 Å². The van der Waals surface area contributed by atoms with E-state index in [0.717, 1.165) is 24.9 Å². The first-order valence-corrected chi connectivity index (χ1v) is 6.76. The molecule has 0 aromatic heterocycles.